The summed E-state index contributed by atoms with van der Waals surface area (Å²) in [7, 11) is -3.82. The molecule has 0 heterocycles. The van der Waals surface area contributed by atoms with E-state index in [1.165, 1.54) is 54.6 Å². The molecule has 0 spiro atoms. The molecule has 8 heteroatoms. The molecular formula is C21H16FNO5S. The van der Waals surface area contributed by atoms with E-state index < -0.39 is 34.2 Å². The first-order valence-electron chi connectivity index (χ1n) is 8.49. The second-order valence-electron chi connectivity index (χ2n) is 5.98. The number of sulfonamides is 1. The van der Waals surface area contributed by atoms with Crippen molar-refractivity contribution in [2.24, 2.45) is 0 Å². The largest absolute Gasteiger partial charge is 0.454 e. The van der Waals surface area contributed by atoms with Crippen LogP contribution in [0.4, 0.5) is 10.1 Å². The van der Waals surface area contributed by atoms with Crippen LogP contribution in [0.3, 0.4) is 0 Å². The van der Waals surface area contributed by atoms with Gasteiger partial charge in [0.2, 0.25) is 5.78 Å². The lowest BCUT2D eigenvalue weighted by molar-refractivity contribution is 0.0473. The van der Waals surface area contributed by atoms with Gasteiger partial charge in [0.25, 0.3) is 10.0 Å². The molecule has 0 amide bonds. The number of ketones is 1. The van der Waals surface area contributed by atoms with E-state index >= 15 is 0 Å². The maximum absolute atomic E-state index is 13.6. The van der Waals surface area contributed by atoms with Crippen LogP contribution in [-0.4, -0.2) is 26.8 Å². The zero-order valence-corrected chi connectivity index (χ0v) is 15.9. The Kier molecular flexibility index (Phi) is 6.04. The van der Waals surface area contributed by atoms with Crippen molar-refractivity contribution >= 4 is 27.5 Å². The third-order valence-corrected chi connectivity index (χ3v) is 5.31. The minimum absolute atomic E-state index is 0.0413. The lowest BCUT2D eigenvalue weighted by atomic mass is 10.1. The quantitative estimate of drug-likeness (QED) is 0.472. The number of nitrogens with one attached hydrogen (secondary N) is 1. The highest BCUT2D eigenvalue weighted by atomic mass is 32.2. The summed E-state index contributed by atoms with van der Waals surface area (Å²) in [6.45, 7) is -0.639. The van der Waals surface area contributed by atoms with Gasteiger partial charge in [-0.15, -0.1) is 0 Å². The number of halogens is 1. The Balaban J connectivity index is 1.68. The molecule has 0 radical (unpaired) electrons. The summed E-state index contributed by atoms with van der Waals surface area (Å²) in [6, 6.07) is 18.8. The highest BCUT2D eigenvalue weighted by Crippen LogP contribution is 2.18. The second kappa shape index (κ2) is 8.66. The zero-order chi connectivity index (χ0) is 20.9. The fraction of sp³-hybridized carbons (Fsp3) is 0.0476. The van der Waals surface area contributed by atoms with Crippen molar-refractivity contribution in [3.8, 4) is 0 Å². The molecule has 0 aliphatic rings. The fourth-order valence-corrected chi connectivity index (χ4v) is 3.57. The number of hydrogen-bond acceptors (Lipinski definition) is 5. The van der Waals surface area contributed by atoms with E-state index in [0.29, 0.717) is 0 Å². The molecule has 0 saturated carbocycles. The maximum Gasteiger partial charge on any atom is 0.338 e. The normalized spacial score (nSPS) is 10.9. The number of carbonyl (C=O) groups excluding carboxylic acids is 2. The minimum atomic E-state index is -3.82. The van der Waals surface area contributed by atoms with Crippen LogP contribution < -0.4 is 4.72 Å². The molecule has 0 atom stereocenters. The van der Waals surface area contributed by atoms with Crippen LogP contribution in [0.5, 0.6) is 0 Å². The molecular weight excluding hydrogens is 397 g/mol. The van der Waals surface area contributed by atoms with Gasteiger partial charge in [0.1, 0.15) is 5.82 Å². The summed E-state index contributed by atoms with van der Waals surface area (Å²) in [5.74, 6) is -2.22. The summed E-state index contributed by atoms with van der Waals surface area (Å²) >= 11 is 0. The first-order valence-corrected chi connectivity index (χ1v) is 9.98. The Morgan fingerprint density at radius 2 is 1.59 bits per heavy atom. The van der Waals surface area contributed by atoms with E-state index in [1.54, 1.807) is 18.2 Å². The number of hydrogen-bond donors (Lipinski definition) is 1. The summed E-state index contributed by atoms with van der Waals surface area (Å²) in [6.07, 6.45) is 0. The molecule has 148 valence electrons. The average molecular weight is 413 g/mol. The first kappa shape index (κ1) is 20.2. The van der Waals surface area contributed by atoms with Gasteiger partial charge < -0.3 is 4.74 Å². The van der Waals surface area contributed by atoms with Crippen molar-refractivity contribution in [3.63, 3.8) is 0 Å². The van der Waals surface area contributed by atoms with Crippen LogP contribution in [0.2, 0.25) is 0 Å². The van der Waals surface area contributed by atoms with E-state index in [0.717, 1.165) is 6.07 Å². The molecule has 0 aliphatic carbocycles. The van der Waals surface area contributed by atoms with Crippen molar-refractivity contribution in [2.45, 2.75) is 4.90 Å². The molecule has 29 heavy (non-hydrogen) atoms. The molecule has 0 aliphatic heterocycles. The molecule has 0 saturated heterocycles. The highest BCUT2D eigenvalue weighted by Gasteiger charge is 2.17. The Hall–Kier alpha value is -3.52. The van der Waals surface area contributed by atoms with Crippen molar-refractivity contribution in [1.82, 2.24) is 0 Å². The number of carbonyl (C=O) groups is 2. The molecule has 0 unspecified atom stereocenters. The van der Waals surface area contributed by atoms with Gasteiger partial charge in [0.05, 0.1) is 16.0 Å². The summed E-state index contributed by atoms with van der Waals surface area (Å²) in [4.78, 5) is 24.3. The maximum atomic E-state index is 13.6. The van der Waals surface area contributed by atoms with Gasteiger partial charge in [-0.1, -0.05) is 36.4 Å². The Bertz CT molecular complexity index is 1150. The van der Waals surface area contributed by atoms with Crippen molar-refractivity contribution < 1.29 is 27.1 Å². The number of ether oxygens (including phenoxy) is 1. The third-order valence-electron chi connectivity index (χ3n) is 3.91. The number of Topliss-reactive ketones (excluding diaryl/α,β-unsaturated/α-hetero) is 1. The Labute approximate surface area is 167 Å². The van der Waals surface area contributed by atoms with Gasteiger partial charge in [-0.3, -0.25) is 9.52 Å². The first-order chi connectivity index (χ1) is 13.9. The van der Waals surface area contributed by atoms with Crippen LogP contribution >= 0.6 is 0 Å². The minimum Gasteiger partial charge on any atom is -0.454 e. The van der Waals surface area contributed by atoms with Crippen molar-refractivity contribution in [3.05, 3.63) is 95.8 Å². The molecule has 3 aromatic rings. The molecule has 0 aromatic heterocycles. The fourth-order valence-electron chi connectivity index (χ4n) is 2.50. The zero-order valence-electron chi connectivity index (χ0n) is 15.0. The van der Waals surface area contributed by atoms with Gasteiger partial charge in [-0.2, -0.15) is 0 Å². The molecule has 3 aromatic carbocycles. The molecule has 0 fully saturated rings. The molecule has 0 bridgehead atoms. The smallest absolute Gasteiger partial charge is 0.338 e. The molecule has 1 N–H and O–H groups in total. The van der Waals surface area contributed by atoms with Gasteiger partial charge in [-0.05, 0) is 42.5 Å². The number of benzene rings is 3. The highest BCUT2D eigenvalue weighted by molar-refractivity contribution is 7.92. The van der Waals surface area contributed by atoms with Gasteiger partial charge in [0.15, 0.2) is 6.61 Å². The second-order valence-corrected chi connectivity index (χ2v) is 7.66. The summed E-state index contributed by atoms with van der Waals surface area (Å²) < 4.78 is 45.7. The molecule has 6 nitrogen and oxygen atoms in total. The van der Waals surface area contributed by atoms with Gasteiger partial charge in [-0.25, -0.2) is 17.6 Å². The van der Waals surface area contributed by atoms with Crippen molar-refractivity contribution in [2.75, 3.05) is 11.3 Å². The van der Waals surface area contributed by atoms with Crippen LogP contribution in [0.15, 0.2) is 83.8 Å². The monoisotopic (exact) mass is 413 g/mol. The lowest BCUT2D eigenvalue weighted by Crippen LogP contribution is -2.16. The van der Waals surface area contributed by atoms with E-state index in [9.17, 15) is 22.4 Å². The van der Waals surface area contributed by atoms with E-state index in [-0.39, 0.29) is 21.7 Å². The standard InChI is InChI=1S/C21H16FNO5S/c22-19-12-5-4-11-18(19)20(24)14-28-21(25)15-7-6-8-16(13-15)23-29(26,27)17-9-2-1-3-10-17/h1-13,23H,14H2. The summed E-state index contributed by atoms with van der Waals surface area (Å²) in [5.41, 5.74) is 0.0213. The van der Waals surface area contributed by atoms with E-state index in [2.05, 4.69) is 4.72 Å². The van der Waals surface area contributed by atoms with Crippen LogP contribution in [0.25, 0.3) is 0 Å². The van der Waals surface area contributed by atoms with Crippen LogP contribution in [-0.2, 0) is 14.8 Å². The third kappa shape index (κ3) is 5.05. The Morgan fingerprint density at radius 1 is 0.897 bits per heavy atom. The molecule has 3 rings (SSSR count). The predicted molar refractivity (Wildman–Crippen MR) is 105 cm³/mol. The van der Waals surface area contributed by atoms with Gasteiger partial charge >= 0.3 is 5.97 Å². The number of anilines is 1. The number of rotatable bonds is 7. The van der Waals surface area contributed by atoms with Crippen LogP contribution in [0, 0.1) is 5.82 Å². The lowest BCUT2D eigenvalue weighted by Gasteiger charge is -2.10. The van der Waals surface area contributed by atoms with E-state index in [4.69, 9.17) is 4.74 Å². The van der Waals surface area contributed by atoms with Crippen molar-refractivity contribution in [1.29, 1.82) is 0 Å². The summed E-state index contributed by atoms with van der Waals surface area (Å²) in [5, 5.41) is 0. The Morgan fingerprint density at radius 3 is 2.31 bits per heavy atom. The van der Waals surface area contributed by atoms with Gasteiger partial charge in [0, 0.05) is 5.69 Å². The predicted octanol–water partition coefficient (Wildman–Crippen LogP) is 3.67. The SMILES string of the molecule is O=C(OCC(=O)c1ccccc1F)c1cccc(NS(=O)(=O)c2ccccc2)c1. The average Bonchev–Trinajstić information content (AvgIpc) is 2.72. The van der Waals surface area contributed by atoms with E-state index in [1.807, 2.05) is 0 Å². The van der Waals surface area contributed by atoms with Crippen LogP contribution in [0.1, 0.15) is 20.7 Å². The topological polar surface area (TPSA) is 89.5 Å². The number of esters is 1.